The Hall–Kier alpha value is -1.51. The van der Waals surface area contributed by atoms with Crippen molar-refractivity contribution in [2.45, 2.75) is 26.0 Å². The van der Waals surface area contributed by atoms with E-state index in [2.05, 4.69) is 43.4 Å². The second-order valence-corrected chi connectivity index (χ2v) is 6.59. The first kappa shape index (κ1) is 14.4. The lowest BCUT2D eigenvalue weighted by molar-refractivity contribution is -0.0107. The highest BCUT2D eigenvalue weighted by Gasteiger charge is 2.44. The monoisotopic (exact) mass is 301 g/mol. The lowest BCUT2D eigenvalue weighted by Gasteiger charge is -2.46. The predicted octanol–water partition coefficient (Wildman–Crippen LogP) is 5.22. The Morgan fingerprint density at radius 2 is 1.81 bits per heavy atom. The molecule has 1 aliphatic heterocycles. The molecule has 0 radical (unpaired) electrons. The van der Waals surface area contributed by atoms with E-state index in [0.717, 1.165) is 16.3 Å². The molecule has 0 fully saturated rings. The van der Waals surface area contributed by atoms with Crippen molar-refractivity contribution < 1.29 is 4.74 Å². The van der Waals surface area contributed by atoms with Gasteiger partial charge in [-0.2, -0.15) is 0 Å². The van der Waals surface area contributed by atoms with Crippen LogP contribution in [-0.4, -0.2) is 7.11 Å². The quantitative estimate of drug-likeness (QED) is 0.821. The molecule has 2 nitrogen and oxygen atoms in total. The van der Waals surface area contributed by atoms with Crippen LogP contribution in [0.15, 0.2) is 48.5 Å². The largest absolute Gasteiger partial charge is 0.377 e. The van der Waals surface area contributed by atoms with Crippen LogP contribution in [0, 0.1) is 5.41 Å². The topological polar surface area (TPSA) is 21.3 Å². The van der Waals surface area contributed by atoms with Gasteiger partial charge in [0, 0.05) is 28.8 Å². The normalized spacial score (nSPS) is 23.2. The molecule has 2 aromatic rings. The molecule has 0 spiro atoms. The van der Waals surface area contributed by atoms with E-state index in [1.165, 1.54) is 5.56 Å². The second-order valence-electron chi connectivity index (χ2n) is 6.16. The number of fused-ring (bicyclic) bond motifs is 1. The van der Waals surface area contributed by atoms with E-state index in [9.17, 15) is 0 Å². The highest BCUT2D eigenvalue weighted by atomic mass is 35.5. The molecular formula is C18H20ClNO. The molecule has 110 valence electrons. The minimum Gasteiger partial charge on any atom is -0.377 e. The van der Waals surface area contributed by atoms with Crippen molar-refractivity contribution >= 4 is 17.3 Å². The SMILES string of the molecule is COC1c2cc(Cl)ccc2NC(c2ccccc2)C1(C)C. The average molecular weight is 302 g/mol. The highest BCUT2D eigenvalue weighted by Crippen LogP contribution is 2.53. The van der Waals surface area contributed by atoms with Crippen LogP contribution in [0.4, 0.5) is 5.69 Å². The summed E-state index contributed by atoms with van der Waals surface area (Å²) in [6.07, 6.45) is -0.00217. The van der Waals surface area contributed by atoms with Gasteiger partial charge in [0.1, 0.15) is 0 Å². The van der Waals surface area contributed by atoms with Crippen molar-refractivity contribution in [2.75, 3.05) is 12.4 Å². The molecule has 0 amide bonds. The maximum atomic E-state index is 6.16. The second kappa shape index (κ2) is 5.36. The predicted molar refractivity (Wildman–Crippen MR) is 87.8 cm³/mol. The van der Waals surface area contributed by atoms with Gasteiger partial charge in [0.15, 0.2) is 0 Å². The van der Waals surface area contributed by atoms with Gasteiger partial charge in [0.05, 0.1) is 12.1 Å². The van der Waals surface area contributed by atoms with Crippen LogP contribution >= 0.6 is 11.6 Å². The molecule has 1 N–H and O–H groups in total. The molecule has 3 rings (SSSR count). The summed E-state index contributed by atoms with van der Waals surface area (Å²) in [5.41, 5.74) is 3.40. The van der Waals surface area contributed by atoms with E-state index >= 15 is 0 Å². The van der Waals surface area contributed by atoms with Gasteiger partial charge in [0.2, 0.25) is 0 Å². The number of nitrogens with one attached hydrogen (secondary N) is 1. The highest BCUT2D eigenvalue weighted by molar-refractivity contribution is 6.30. The molecule has 0 saturated heterocycles. The van der Waals surface area contributed by atoms with Gasteiger partial charge in [-0.15, -0.1) is 0 Å². The zero-order valence-electron chi connectivity index (χ0n) is 12.6. The van der Waals surface area contributed by atoms with Gasteiger partial charge < -0.3 is 10.1 Å². The third-order valence-electron chi connectivity index (χ3n) is 4.38. The third kappa shape index (κ3) is 2.43. The Kier molecular flexibility index (Phi) is 3.68. The summed E-state index contributed by atoms with van der Waals surface area (Å²) in [4.78, 5) is 0. The van der Waals surface area contributed by atoms with Crippen LogP contribution in [0.5, 0.6) is 0 Å². The number of ether oxygens (including phenoxy) is 1. The van der Waals surface area contributed by atoms with Crippen LogP contribution in [0.1, 0.15) is 37.1 Å². The number of hydrogen-bond acceptors (Lipinski definition) is 2. The van der Waals surface area contributed by atoms with E-state index in [1.807, 2.05) is 24.3 Å². The smallest absolute Gasteiger partial charge is 0.0915 e. The number of anilines is 1. The minimum atomic E-state index is -0.0895. The van der Waals surface area contributed by atoms with Crippen LogP contribution in [0.3, 0.4) is 0 Å². The number of rotatable bonds is 2. The zero-order valence-corrected chi connectivity index (χ0v) is 13.3. The summed E-state index contributed by atoms with van der Waals surface area (Å²) < 4.78 is 5.84. The first-order valence-electron chi connectivity index (χ1n) is 7.18. The fourth-order valence-electron chi connectivity index (χ4n) is 3.36. The molecule has 0 aromatic heterocycles. The summed E-state index contributed by atoms with van der Waals surface area (Å²) in [7, 11) is 1.77. The Balaban J connectivity index is 2.11. The number of halogens is 1. The lowest BCUT2D eigenvalue weighted by Crippen LogP contribution is -2.39. The van der Waals surface area contributed by atoms with Gasteiger partial charge in [-0.1, -0.05) is 55.8 Å². The van der Waals surface area contributed by atoms with E-state index in [-0.39, 0.29) is 17.6 Å². The summed E-state index contributed by atoms with van der Waals surface area (Å²) in [6, 6.07) is 16.7. The molecule has 2 unspecified atom stereocenters. The van der Waals surface area contributed by atoms with Crippen molar-refractivity contribution in [3.05, 3.63) is 64.7 Å². The van der Waals surface area contributed by atoms with Gasteiger partial charge in [0.25, 0.3) is 0 Å². The molecule has 1 heterocycles. The van der Waals surface area contributed by atoms with E-state index in [0.29, 0.717) is 0 Å². The van der Waals surface area contributed by atoms with Crippen molar-refractivity contribution in [2.24, 2.45) is 5.41 Å². The van der Waals surface area contributed by atoms with Crippen LogP contribution in [0.25, 0.3) is 0 Å². The van der Waals surface area contributed by atoms with Gasteiger partial charge >= 0.3 is 0 Å². The van der Waals surface area contributed by atoms with Crippen molar-refractivity contribution in [1.82, 2.24) is 0 Å². The number of hydrogen-bond donors (Lipinski definition) is 1. The maximum Gasteiger partial charge on any atom is 0.0915 e. The van der Waals surface area contributed by atoms with Crippen molar-refractivity contribution in [3.63, 3.8) is 0 Å². The van der Waals surface area contributed by atoms with Crippen LogP contribution in [0.2, 0.25) is 5.02 Å². The number of methoxy groups -OCH3 is 1. The molecule has 0 saturated carbocycles. The van der Waals surface area contributed by atoms with Gasteiger partial charge in [-0.25, -0.2) is 0 Å². The molecule has 3 heteroatoms. The molecular weight excluding hydrogens is 282 g/mol. The fourth-order valence-corrected chi connectivity index (χ4v) is 3.55. The summed E-state index contributed by atoms with van der Waals surface area (Å²) in [5.74, 6) is 0. The molecule has 0 bridgehead atoms. The zero-order chi connectivity index (χ0) is 15.0. The number of benzene rings is 2. The summed E-state index contributed by atoms with van der Waals surface area (Å²) in [5, 5.41) is 4.40. The first-order chi connectivity index (χ1) is 10.0. The standard InChI is InChI=1S/C18H20ClNO/c1-18(2)16(12-7-5-4-6-8-12)20-15-10-9-13(19)11-14(15)17(18)21-3/h4-11,16-17,20H,1-3H3. The average Bonchev–Trinajstić information content (AvgIpc) is 2.47. The molecule has 0 aliphatic carbocycles. The third-order valence-corrected chi connectivity index (χ3v) is 4.62. The first-order valence-corrected chi connectivity index (χ1v) is 7.55. The minimum absolute atomic E-state index is 0.00217. The molecule has 2 atom stereocenters. The summed E-state index contributed by atoms with van der Waals surface area (Å²) >= 11 is 6.16. The van der Waals surface area contributed by atoms with Crippen LogP contribution in [-0.2, 0) is 4.74 Å². The van der Waals surface area contributed by atoms with Gasteiger partial charge in [-0.05, 0) is 23.8 Å². The Bertz CT molecular complexity index is 639. The van der Waals surface area contributed by atoms with Crippen LogP contribution < -0.4 is 5.32 Å². The van der Waals surface area contributed by atoms with Gasteiger partial charge in [-0.3, -0.25) is 0 Å². The van der Waals surface area contributed by atoms with E-state index in [4.69, 9.17) is 16.3 Å². The van der Waals surface area contributed by atoms with E-state index < -0.39 is 0 Å². The molecule has 2 aromatic carbocycles. The molecule has 21 heavy (non-hydrogen) atoms. The molecule has 1 aliphatic rings. The summed E-state index contributed by atoms with van der Waals surface area (Å²) in [6.45, 7) is 4.46. The fraction of sp³-hybridized carbons (Fsp3) is 0.333. The van der Waals surface area contributed by atoms with Crippen molar-refractivity contribution in [1.29, 1.82) is 0 Å². The van der Waals surface area contributed by atoms with Crippen molar-refractivity contribution in [3.8, 4) is 0 Å². The Morgan fingerprint density at radius 1 is 1.10 bits per heavy atom. The van der Waals surface area contributed by atoms with E-state index in [1.54, 1.807) is 7.11 Å². The Labute approximate surface area is 131 Å². The lowest BCUT2D eigenvalue weighted by atomic mass is 9.70. The maximum absolute atomic E-state index is 6.16. The Morgan fingerprint density at radius 3 is 2.48 bits per heavy atom.